The molecule has 1 aliphatic heterocycles. The van der Waals surface area contributed by atoms with Crippen LogP contribution in [0.15, 0.2) is 23.1 Å². The molecule has 5 nitrogen and oxygen atoms in total. The van der Waals surface area contributed by atoms with Crippen molar-refractivity contribution in [2.75, 3.05) is 39.5 Å². The van der Waals surface area contributed by atoms with Gasteiger partial charge in [0.25, 0.3) is 0 Å². The summed E-state index contributed by atoms with van der Waals surface area (Å²) >= 11 is 5.89. The third-order valence-electron chi connectivity index (χ3n) is 4.02. The summed E-state index contributed by atoms with van der Waals surface area (Å²) in [5.74, 6) is 0.390. The molecule has 0 spiro atoms. The SMILES string of the molecule is CN1CCC(CN(C)S(=O)(=O)c2cc(Cl)ccc2N)CC1. The molecule has 2 N–H and O–H groups in total. The molecule has 2 rings (SSSR count). The number of rotatable bonds is 4. The lowest BCUT2D eigenvalue weighted by Crippen LogP contribution is -2.38. The summed E-state index contributed by atoms with van der Waals surface area (Å²) in [5.41, 5.74) is 6.02. The Morgan fingerprint density at radius 3 is 2.62 bits per heavy atom. The number of benzene rings is 1. The maximum absolute atomic E-state index is 12.6. The van der Waals surface area contributed by atoms with E-state index in [0.717, 1.165) is 25.9 Å². The van der Waals surface area contributed by atoms with Crippen molar-refractivity contribution in [2.24, 2.45) is 5.92 Å². The molecule has 1 heterocycles. The van der Waals surface area contributed by atoms with Crippen LogP contribution >= 0.6 is 11.6 Å². The van der Waals surface area contributed by atoms with Crippen molar-refractivity contribution in [1.29, 1.82) is 0 Å². The highest BCUT2D eigenvalue weighted by Gasteiger charge is 2.27. The molecule has 1 aromatic carbocycles. The van der Waals surface area contributed by atoms with Gasteiger partial charge in [-0.3, -0.25) is 0 Å². The van der Waals surface area contributed by atoms with E-state index in [9.17, 15) is 8.42 Å². The fraction of sp³-hybridized carbons (Fsp3) is 0.571. The Kier molecular flexibility index (Phi) is 5.14. The van der Waals surface area contributed by atoms with Crippen LogP contribution in [0.2, 0.25) is 5.02 Å². The molecule has 0 radical (unpaired) electrons. The number of piperidine rings is 1. The monoisotopic (exact) mass is 331 g/mol. The summed E-state index contributed by atoms with van der Waals surface area (Å²) < 4.78 is 26.6. The molecule has 0 bridgehead atoms. The smallest absolute Gasteiger partial charge is 0.244 e. The first-order chi connectivity index (χ1) is 9.80. The molecule has 0 amide bonds. The molecular formula is C14H22ClN3O2S. The van der Waals surface area contributed by atoms with Gasteiger partial charge in [0.15, 0.2) is 0 Å². The Morgan fingerprint density at radius 2 is 2.00 bits per heavy atom. The zero-order chi connectivity index (χ0) is 15.6. The summed E-state index contributed by atoms with van der Waals surface area (Å²) in [6.07, 6.45) is 2.03. The van der Waals surface area contributed by atoms with E-state index in [2.05, 4.69) is 11.9 Å². The third kappa shape index (κ3) is 3.88. The van der Waals surface area contributed by atoms with Gasteiger partial charge in [-0.15, -0.1) is 0 Å². The van der Waals surface area contributed by atoms with Crippen molar-refractivity contribution >= 4 is 27.3 Å². The highest BCUT2D eigenvalue weighted by atomic mass is 35.5. The van der Waals surface area contributed by atoms with Crippen LogP contribution in [-0.4, -0.2) is 51.4 Å². The average molecular weight is 332 g/mol. The highest BCUT2D eigenvalue weighted by Crippen LogP contribution is 2.27. The van der Waals surface area contributed by atoms with Crippen LogP contribution in [0, 0.1) is 5.92 Å². The van der Waals surface area contributed by atoms with Crippen LogP contribution < -0.4 is 5.73 Å². The molecule has 0 saturated carbocycles. The zero-order valence-corrected chi connectivity index (χ0v) is 14.0. The summed E-state index contributed by atoms with van der Waals surface area (Å²) in [6.45, 7) is 2.54. The number of nitrogen functional groups attached to an aromatic ring is 1. The number of likely N-dealkylation sites (tertiary alicyclic amines) is 1. The molecule has 0 aromatic heterocycles. The molecule has 21 heavy (non-hydrogen) atoms. The highest BCUT2D eigenvalue weighted by molar-refractivity contribution is 7.89. The maximum Gasteiger partial charge on any atom is 0.244 e. The van der Waals surface area contributed by atoms with Gasteiger partial charge >= 0.3 is 0 Å². The van der Waals surface area contributed by atoms with E-state index in [1.165, 1.54) is 16.4 Å². The second kappa shape index (κ2) is 6.52. The van der Waals surface area contributed by atoms with E-state index < -0.39 is 10.0 Å². The van der Waals surface area contributed by atoms with Crippen molar-refractivity contribution < 1.29 is 8.42 Å². The minimum atomic E-state index is -3.59. The standard InChI is InChI=1S/C14H22ClN3O2S/c1-17-7-5-11(6-8-17)10-18(2)21(19,20)14-9-12(15)3-4-13(14)16/h3-4,9,11H,5-8,10,16H2,1-2H3. The van der Waals surface area contributed by atoms with Gasteiger partial charge in [-0.25, -0.2) is 12.7 Å². The minimum absolute atomic E-state index is 0.0884. The molecule has 7 heteroatoms. The van der Waals surface area contributed by atoms with Gasteiger partial charge in [0.1, 0.15) is 4.90 Å². The van der Waals surface area contributed by atoms with E-state index in [1.807, 2.05) is 0 Å². The molecule has 1 saturated heterocycles. The first-order valence-corrected chi connectivity index (χ1v) is 8.82. The van der Waals surface area contributed by atoms with E-state index >= 15 is 0 Å². The van der Waals surface area contributed by atoms with Crippen molar-refractivity contribution in [2.45, 2.75) is 17.7 Å². The molecule has 0 aliphatic carbocycles. The summed E-state index contributed by atoms with van der Waals surface area (Å²) in [6, 6.07) is 4.53. The molecular weight excluding hydrogens is 310 g/mol. The largest absolute Gasteiger partial charge is 0.398 e. The number of halogens is 1. The average Bonchev–Trinajstić information content (AvgIpc) is 2.43. The van der Waals surface area contributed by atoms with E-state index in [1.54, 1.807) is 13.1 Å². The number of hydrogen-bond acceptors (Lipinski definition) is 4. The van der Waals surface area contributed by atoms with Crippen molar-refractivity contribution in [3.05, 3.63) is 23.2 Å². The Bertz CT molecular complexity index is 598. The quantitative estimate of drug-likeness (QED) is 0.855. The van der Waals surface area contributed by atoms with Crippen LogP contribution in [0.25, 0.3) is 0 Å². The predicted octanol–water partition coefficient (Wildman–Crippen LogP) is 1.88. The van der Waals surface area contributed by atoms with E-state index in [-0.39, 0.29) is 10.6 Å². The lowest BCUT2D eigenvalue weighted by molar-refractivity contribution is 0.202. The van der Waals surface area contributed by atoms with Gasteiger partial charge in [0, 0.05) is 18.6 Å². The molecule has 1 aromatic rings. The Labute approximate surface area is 131 Å². The third-order valence-corrected chi connectivity index (χ3v) is 6.13. The Balaban J connectivity index is 2.13. The fourth-order valence-corrected chi connectivity index (χ4v) is 4.23. The van der Waals surface area contributed by atoms with Gasteiger partial charge in [-0.2, -0.15) is 0 Å². The lowest BCUT2D eigenvalue weighted by atomic mass is 9.97. The van der Waals surface area contributed by atoms with Crippen LogP contribution in [0.3, 0.4) is 0 Å². The van der Waals surface area contributed by atoms with Gasteiger partial charge in [0.2, 0.25) is 10.0 Å². The molecule has 0 unspecified atom stereocenters. The van der Waals surface area contributed by atoms with E-state index in [4.69, 9.17) is 17.3 Å². The van der Waals surface area contributed by atoms with Gasteiger partial charge in [-0.05, 0) is 57.1 Å². The summed E-state index contributed by atoms with van der Waals surface area (Å²) in [5, 5.41) is 0.371. The van der Waals surface area contributed by atoms with Crippen LogP contribution in [0.4, 0.5) is 5.69 Å². The fourth-order valence-electron chi connectivity index (χ4n) is 2.61. The minimum Gasteiger partial charge on any atom is -0.398 e. The molecule has 1 aliphatic rings. The van der Waals surface area contributed by atoms with Crippen LogP contribution in [0.1, 0.15) is 12.8 Å². The van der Waals surface area contributed by atoms with Gasteiger partial charge < -0.3 is 10.6 Å². The number of anilines is 1. The van der Waals surface area contributed by atoms with Gasteiger partial charge in [0.05, 0.1) is 5.69 Å². The Morgan fingerprint density at radius 1 is 1.38 bits per heavy atom. The van der Waals surface area contributed by atoms with Crippen LogP contribution in [-0.2, 0) is 10.0 Å². The first-order valence-electron chi connectivity index (χ1n) is 7.00. The second-order valence-corrected chi connectivity index (χ2v) is 8.16. The maximum atomic E-state index is 12.6. The zero-order valence-electron chi connectivity index (χ0n) is 12.4. The molecule has 1 fully saturated rings. The summed E-state index contributed by atoms with van der Waals surface area (Å²) in [7, 11) is 0.0970. The number of hydrogen-bond donors (Lipinski definition) is 1. The Hall–Kier alpha value is -0.820. The lowest BCUT2D eigenvalue weighted by Gasteiger charge is -2.31. The van der Waals surface area contributed by atoms with Crippen molar-refractivity contribution in [3.8, 4) is 0 Å². The first kappa shape index (κ1) is 16.5. The second-order valence-electron chi connectivity index (χ2n) is 5.71. The molecule has 0 atom stereocenters. The normalized spacial score (nSPS) is 18.3. The van der Waals surface area contributed by atoms with Crippen LogP contribution in [0.5, 0.6) is 0 Å². The number of nitrogens with two attached hydrogens (primary N) is 1. The number of sulfonamides is 1. The van der Waals surface area contributed by atoms with E-state index in [0.29, 0.717) is 17.5 Å². The predicted molar refractivity (Wildman–Crippen MR) is 85.9 cm³/mol. The van der Waals surface area contributed by atoms with Gasteiger partial charge in [-0.1, -0.05) is 11.6 Å². The topological polar surface area (TPSA) is 66.6 Å². The molecule has 118 valence electrons. The summed E-state index contributed by atoms with van der Waals surface area (Å²) in [4.78, 5) is 2.35. The van der Waals surface area contributed by atoms with Crippen molar-refractivity contribution in [3.63, 3.8) is 0 Å². The van der Waals surface area contributed by atoms with Crippen molar-refractivity contribution in [1.82, 2.24) is 9.21 Å². The number of nitrogens with zero attached hydrogens (tertiary/aromatic N) is 2.